The first-order valence-electron chi connectivity index (χ1n) is 5.90. The molecule has 0 atom stereocenters. The zero-order valence-electron chi connectivity index (χ0n) is 10.4. The Morgan fingerprint density at radius 3 is 2.00 bits per heavy atom. The molecule has 0 bridgehead atoms. The molecule has 0 heterocycles. The van der Waals surface area contributed by atoms with Crippen LogP contribution in [0.3, 0.4) is 0 Å². The topological polar surface area (TPSA) is 41.1 Å². The first kappa shape index (κ1) is 14.4. The molecular weight excluding hydrogens is 295 g/mol. The molecule has 20 heavy (non-hydrogen) atoms. The van der Waals surface area contributed by atoms with Crippen LogP contribution in [0, 0.1) is 0 Å². The number of benzene rings is 2. The summed E-state index contributed by atoms with van der Waals surface area (Å²) < 4.78 is 0. The lowest BCUT2D eigenvalue weighted by Crippen LogP contribution is -2.26. The number of halogens is 2. The normalized spacial score (nSPS) is 11.5. The Hall–Kier alpha value is -1.97. The number of amides is 2. The third-order valence-electron chi connectivity index (χ3n) is 2.47. The number of carbonyl (C=O) groups is 1. The van der Waals surface area contributed by atoms with Crippen molar-refractivity contribution < 1.29 is 4.79 Å². The lowest BCUT2D eigenvalue weighted by Gasteiger charge is -2.08. The van der Waals surface area contributed by atoms with Crippen LogP contribution in [0.4, 0.5) is 10.5 Å². The third kappa shape index (κ3) is 4.02. The molecule has 102 valence electrons. The minimum Gasteiger partial charge on any atom is -0.308 e. The minimum atomic E-state index is -0.449. The number of carbonyl (C=O) groups excluding carboxylic acids is 1. The molecule has 5 heteroatoms. The van der Waals surface area contributed by atoms with Crippen molar-refractivity contribution in [3.63, 3.8) is 0 Å². The molecule has 0 aliphatic heterocycles. The van der Waals surface area contributed by atoms with E-state index in [-0.39, 0.29) is 10.2 Å². The molecule has 2 rings (SSSR count). The van der Waals surface area contributed by atoms with Gasteiger partial charge in [0.15, 0.2) is 0 Å². The monoisotopic (exact) mass is 306 g/mol. The van der Waals surface area contributed by atoms with E-state index in [0.29, 0.717) is 5.69 Å². The van der Waals surface area contributed by atoms with E-state index < -0.39 is 6.03 Å². The number of urea groups is 1. The molecule has 0 fully saturated rings. The van der Waals surface area contributed by atoms with Crippen LogP contribution in [-0.2, 0) is 0 Å². The zero-order valence-corrected chi connectivity index (χ0v) is 11.9. The number of hydrogen-bond acceptors (Lipinski definition) is 1. The van der Waals surface area contributed by atoms with Crippen molar-refractivity contribution in [3.05, 3.63) is 71.4 Å². The fourth-order valence-electron chi connectivity index (χ4n) is 1.55. The third-order valence-corrected chi connectivity index (χ3v) is 3.26. The summed E-state index contributed by atoms with van der Waals surface area (Å²) in [6.45, 7) is 0. The summed E-state index contributed by atoms with van der Waals surface area (Å²) in [6, 6.07) is 17.8. The second-order valence-corrected chi connectivity index (χ2v) is 4.70. The number of anilines is 1. The molecule has 0 saturated carbocycles. The van der Waals surface area contributed by atoms with Crippen LogP contribution in [0.1, 0.15) is 5.56 Å². The van der Waals surface area contributed by atoms with Crippen molar-refractivity contribution in [2.24, 2.45) is 0 Å². The zero-order chi connectivity index (χ0) is 14.4. The number of rotatable bonds is 3. The van der Waals surface area contributed by atoms with E-state index in [1.54, 1.807) is 12.1 Å². The molecule has 0 unspecified atom stereocenters. The van der Waals surface area contributed by atoms with Crippen molar-refractivity contribution in [2.75, 3.05) is 5.32 Å². The van der Waals surface area contributed by atoms with Crippen LogP contribution in [0.2, 0.25) is 0 Å². The highest BCUT2D eigenvalue weighted by atomic mass is 35.5. The van der Waals surface area contributed by atoms with Gasteiger partial charge in [0.25, 0.3) is 0 Å². The average molecular weight is 307 g/mol. The van der Waals surface area contributed by atoms with Gasteiger partial charge in [0.1, 0.15) is 5.16 Å². The first-order valence-corrected chi connectivity index (χ1v) is 6.66. The fourth-order valence-corrected chi connectivity index (χ4v) is 1.92. The predicted octanol–water partition coefficient (Wildman–Crippen LogP) is 4.61. The van der Waals surface area contributed by atoms with Gasteiger partial charge in [0.2, 0.25) is 0 Å². The largest absolute Gasteiger partial charge is 0.324 e. The Labute approximate surface area is 127 Å². The van der Waals surface area contributed by atoms with Crippen molar-refractivity contribution in [1.29, 1.82) is 0 Å². The highest BCUT2D eigenvalue weighted by Crippen LogP contribution is 2.23. The van der Waals surface area contributed by atoms with Gasteiger partial charge >= 0.3 is 6.03 Å². The maximum absolute atomic E-state index is 11.8. The van der Waals surface area contributed by atoms with Crippen LogP contribution >= 0.6 is 23.2 Å². The van der Waals surface area contributed by atoms with E-state index in [1.807, 2.05) is 48.5 Å². The predicted molar refractivity (Wildman–Crippen MR) is 83.7 cm³/mol. The number of nitrogens with one attached hydrogen (secondary N) is 2. The van der Waals surface area contributed by atoms with Gasteiger partial charge < -0.3 is 5.32 Å². The van der Waals surface area contributed by atoms with Gasteiger partial charge in [0, 0.05) is 5.69 Å². The SMILES string of the molecule is O=C(N/C(Cl)=C(/Cl)c1ccccc1)Nc1ccccc1. The molecule has 0 spiro atoms. The smallest absolute Gasteiger partial charge is 0.308 e. The van der Waals surface area contributed by atoms with Crippen LogP contribution in [0.25, 0.3) is 5.03 Å². The van der Waals surface area contributed by atoms with Crippen LogP contribution in [-0.4, -0.2) is 6.03 Å². The molecule has 2 N–H and O–H groups in total. The lowest BCUT2D eigenvalue weighted by atomic mass is 10.2. The number of hydrogen-bond donors (Lipinski definition) is 2. The summed E-state index contributed by atoms with van der Waals surface area (Å²) >= 11 is 12.1. The highest BCUT2D eigenvalue weighted by molar-refractivity contribution is 6.54. The molecular formula is C15H12Cl2N2O. The van der Waals surface area contributed by atoms with E-state index in [2.05, 4.69) is 10.6 Å². The Kier molecular flexibility index (Phi) is 5.04. The van der Waals surface area contributed by atoms with Crippen LogP contribution in [0.15, 0.2) is 65.8 Å². The van der Waals surface area contributed by atoms with Gasteiger partial charge in [-0.25, -0.2) is 4.79 Å². The Morgan fingerprint density at radius 2 is 1.40 bits per heavy atom. The second-order valence-electron chi connectivity index (χ2n) is 3.94. The van der Waals surface area contributed by atoms with E-state index in [4.69, 9.17) is 23.2 Å². The first-order chi connectivity index (χ1) is 9.66. The maximum atomic E-state index is 11.8. The van der Waals surface area contributed by atoms with Crippen molar-refractivity contribution >= 4 is 40.0 Å². The summed E-state index contributed by atoms with van der Waals surface area (Å²) in [5, 5.41) is 5.50. The van der Waals surface area contributed by atoms with Crippen LogP contribution < -0.4 is 10.6 Å². The van der Waals surface area contributed by atoms with E-state index in [9.17, 15) is 4.79 Å². The van der Waals surface area contributed by atoms with Gasteiger partial charge in [-0.1, -0.05) is 71.7 Å². The van der Waals surface area contributed by atoms with Gasteiger partial charge in [-0.2, -0.15) is 0 Å². The molecule has 0 saturated heterocycles. The van der Waals surface area contributed by atoms with Gasteiger partial charge in [-0.15, -0.1) is 0 Å². The molecule has 2 aromatic carbocycles. The van der Waals surface area contributed by atoms with Gasteiger partial charge in [-0.05, 0) is 17.7 Å². The molecule has 0 radical (unpaired) electrons. The quantitative estimate of drug-likeness (QED) is 0.799. The van der Waals surface area contributed by atoms with Crippen molar-refractivity contribution in [3.8, 4) is 0 Å². The minimum absolute atomic E-state index is 0.0753. The summed E-state index contributed by atoms with van der Waals surface area (Å²) in [4.78, 5) is 11.8. The van der Waals surface area contributed by atoms with E-state index in [1.165, 1.54) is 0 Å². The molecule has 2 aromatic rings. The Balaban J connectivity index is 2.04. The standard InChI is InChI=1S/C15H12Cl2N2O/c16-13(11-7-3-1-4-8-11)14(17)19-15(20)18-12-9-5-2-6-10-12/h1-10H,(H2,18,19,20)/b14-13+. The van der Waals surface area contributed by atoms with Gasteiger partial charge in [-0.3, -0.25) is 5.32 Å². The summed E-state index contributed by atoms with van der Waals surface area (Å²) in [7, 11) is 0. The molecule has 0 aromatic heterocycles. The average Bonchev–Trinajstić information content (AvgIpc) is 2.48. The van der Waals surface area contributed by atoms with E-state index >= 15 is 0 Å². The Bertz CT molecular complexity index is 612. The summed E-state index contributed by atoms with van der Waals surface area (Å²) in [5.41, 5.74) is 1.41. The second kappa shape index (κ2) is 6.98. The highest BCUT2D eigenvalue weighted by Gasteiger charge is 2.08. The maximum Gasteiger partial charge on any atom is 0.324 e. The summed E-state index contributed by atoms with van der Waals surface area (Å²) in [5.74, 6) is 0. The fraction of sp³-hybridized carbons (Fsp3) is 0. The Morgan fingerprint density at radius 1 is 0.850 bits per heavy atom. The van der Waals surface area contributed by atoms with Crippen molar-refractivity contribution in [2.45, 2.75) is 0 Å². The molecule has 2 amide bonds. The van der Waals surface area contributed by atoms with Crippen molar-refractivity contribution in [1.82, 2.24) is 5.32 Å². The molecule has 0 aliphatic rings. The van der Waals surface area contributed by atoms with Crippen LogP contribution in [0.5, 0.6) is 0 Å². The van der Waals surface area contributed by atoms with Gasteiger partial charge in [0.05, 0.1) is 5.03 Å². The van der Waals surface area contributed by atoms with E-state index in [0.717, 1.165) is 5.56 Å². The lowest BCUT2D eigenvalue weighted by molar-refractivity contribution is 0.255. The molecule has 0 aliphatic carbocycles. The summed E-state index contributed by atoms with van der Waals surface area (Å²) in [6.07, 6.45) is 0. The number of para-hydroxylation sites is 1. The molecule has 3 nitrogen and oxygen atoms in total.